The molecule has 1 N–H and O–H groups in total. The van der Waals surface area contributed by atoms with E-state index in [9.17, 15) is 13.2 Å². The molecule has 1 aliphatic heterocycles. The molecule has 0 saturated carbocycles. The van der Waals surface area contributed by atoms with Gasteiger partial charge in [0.2, 0.25) is 15.9 Å². The van der Waals surface area contributed by atoms with Gasteiger partial charge in [-0.3, -0.25) is 9.10 Å². The van der Waals surface area contributed by atoms with Crippen molar-refractivity contribution < 1.29 is 22.7 Å². The first-order chi connectivity index (χ1) is 13.2. The molecule has 0 unspecified atom stereocenters. The van der Waals surface area contributed by atoms with E-state index in [1.54, 1.807) is 18.2 Å². The number of carbonyl (C=O) groups excluding carboxylic acids is 1. The summed E-state index contributed by atoms with van der Waals surface area (Å²) in [7, 11) is 1.40. The number of piperidine rings is 1. The molecule has 0 radical (unpaired) electrons. The summed E-state index contributed by atoms with van der Waals surface area (Å²) in [5.74, 6) is 1.13. The zero-order valence-corrected chi connectivity index (χ0v) is 17.9. The van der Waals surface area contributed by atoms with Crippen LogP contribution in [0.2, 0.25) is 0 Å². The standard InChI is InChI=1S/C19H31N3O5S/c1-21-11-8-15(9-12-21)7-10-20-19(23)14-22(28(4,24)25)17-6-5-16(26-2)13-18(17)27-3/h5-6,13,15H,7-12,14H2,1-4H3,(H,20,23). The summed E-state index contributed by atoms with van der Waals surface area (Å²) >= 11 is 0. The van der Waals surface area contributed by atoms with Crippen LogP contribution in [0.5, 0.6) is 11.5 Å². The Hall–Kier alpha value is -2.00. The van der Waals surface area contributed by atoms with Gasteiger partial charge in [0.15, 0.2) is 0 Å². The van der Waals surface area contributed by atoms with Crippen LogP contribution < -0.4 is 19.1 Å². The van der Waals surface area contributed by atoms with Crippen LogP contribution >= 0.6 is 0 Å². The Bertz CT molecular complexity index is 761. The maximum atomic E-state index is 12.4. The number of benzene rings is 1. The van der Waals surface area contributed by atoms with Gasteiger partial charge in [-0.25, -0.2) is 8.42 Å². The lowest BCUT2D eigenvalue weighted by molar-refractivity contribution is -0.119. The number of hydrogen-bond donors (Lipinski definition) is 1. The van der Waals surface area contributed by atoms with Crippen molar-refractivity contribution in [1.82, 2.24) is 10.2 Å². The highest BCUT2D eigenvalue weighted by molar-refractivity contribution is 7.92. The van der Waals surface area contributed by atoms with Crippen LogP contribution in [0.4, 0.5) is 5.69 Å². The monoisotopic (exact) mass is 413 g/mol. The van der Waals surface area contributed by atoms with E-state index in [4.69, 9.17) is 9.47 Å². The van der Waals surface area contributed by atoms with Crippen molar-refractivity contribution in [2.75, 3.05) is 58.0 Å². The molecule has 2 rings (SSSR count). The Labute approximate surface area is 167 Å². The number of carbonyl (C=O) groups is 1. The average molecular weight is 414 g/mol. The number of anilines is 1. The normalized spacial score (nSPS) is 15.9. The minimum Gasteiger partial charge on any atom is -0.497 e. The van der Waals surface area contributed by atoms with Crippen LogP contribution in [-0.4, -0.2) is 72.9 Å². The summed E-state index contributed by atoms with van der Waals surface area (Å²) in [5.41, 5.74) is 0.302. The number of ether oxygens (including phenoxy) is 2. The third-order valence-electron chi connectivity index (χ3n) is 5.06. The van der Waals surface area contributed by atoms with E-state index in [0.717, 1.165) is 42.9 Å². The zero-order valence-electron chi connectivity index (χ0n) is 17.1. The molecule has 9 heteroatoms. The maximum absolute atomic E-state index is 12.4. The van der Waals surface area contributed by atoms with Gasteiger partial charge in [-0.1, -0.05) is 0 Å². The Morgan fingerprint density at radius 2 is 1.93 bits per heavy atom. The van der Waals surface area contributed by atoms with E-state index in [-0.39, 0.29) is 12.5 Å². The lowest BCUT2D eigenvalue weighted by Crippen LogP contribution is -2.41. The zero-order chi connectivity index (χ0) is 20.7. The maximum Gasteiger partial charge on any atom is 0.240 e. The van der Waals surface area contributed by atoms with E-state index in [2.05, 4.69) is 17.3 Å². The van der Waals surface area contributed by atoms with E-state index < -0.39 is 10.0 Å². The second-order valence-corrected chi connectivity index (χ2v) is 9.10. The number of amides is 1. The highest BCUT2D eigenvalue weighted by atomic mass is 32.2. The molecule has 1 saturated heterocycles. The molecule has 0 aliphatic carbocycles. The van der Waals surface area contributed by atoms with Gasteiger partial charge in [-0.05, 0) is 57.5 Å². The third-order valence-corrected chi connectivity index (χ3v) is 6.18. The van der Waals surface area contributed by atoms with Crippen LogP contribution in [0.15, 0.2) is 18.2 Å². The van der Waals surface area contributed by atoms with Gasteiger partial charge in [0.05, 0.1) is 26.2 Å². The predicted octanol–water partition coefficient (Wildman–Crippen LogP) is 1.32. The van der Waals surface area contributed by atoms with Crippen molar-refractivity contribution in [2.45, 2.75) is 19.3 Å². The highest BCUT2D eigenvalue weighted by Gasteiger charge is 2.24. The van der Waals surface area contributed by atoms with Crippen molar-refractivity contribution in [3.63, 3.8) is 0 Å². The number of nitrogens with one attached hydrogen (secondary N) is 1. The lowest BCUT2D eigenvalue weighted by Gasteiger charge is -2.29. The first-order valence-electron chi connectivity index (χ1n) is 9.39. The minimum atomic E-state index is -3.67. The molecule has 0 atom stereocenters. The fourth-order valence-corrected chi connectivity index (χ4v) is 4.18. The van der Waals surface area contributed by atoms with Gasteiger partial charge in [-0.15, -0.1) is 0 Å². The largest absolute Gasteiger partial charge is 0.497 e. The van der Waals surface area contributed by atoms with Crippen LogP contribution in [0.3, 0.4) is 0 Å². The molecule has 1 aromatic carbocycles. The Kier molecular flexibility index (Phi) is 7.94. The molecule has 0 bridgehead atoms. The molecule has 0 aromatic heterocycles. The summed E-state index contributed by atoms with van der Waals surface area (Å²) in [4.78, 5) is 14.7. The third kappa shape index (κ3) is 6.27. The van der Waals surface area contributed by atoms with Crippen molar-refractivity contribution in [2.24, 2.45) is 5.92 Å². The molecule has 1 amide bonds. The Morgan fingerprint density at radius 1 is 1.25 bits per heavy atom. The first-order valence-corrected chi connectivity index (χ1v) is 11.2. The van der Waals surface area contributed by atoms with Gasteiger partial charge < -0.3 is 19.7 Å². The molecule has 8 nitrogen and oxygen atoms in total. The molecule has 1 heterocycles. The van der Waals surface area contributed by atoms with Crippen molar-refractivity contribution >= 4 is 21.6 Å². The van der Waals surface area contributed by atoms with E-state index in [1.807, 2.05) is 0 Å². The van der Waals surface area contributed by atoms with Gasteiger partial charge in [-0.2, -0.15) is 0 Å². The van der Waals surface area contributed by atoms with Crippen LogP contribution in [-0.2, 0) is 14.8 Å². The number of rotatable bonds is 9. The second kappa shape index (κ2) is 9.97. The molecular formula is C19H31N3O5S. The minimum absolute atomic E-state index is 0.297. The fourth-order valence-electron chi connectivity index (χ4n) is 3.32. The summed E-state index contributed by atoms with van der Waals surface area (Å²) < 4.78 is 36.1. The second-order valence-electron chi connectivity index (χ2n) is 7.19. The molecule has 1 aromatic rings. The van der Waals surface area contributed by atoms with Gasteiger partial charge in [0.1, 0.15) is 18.0 Å². The quantitative estimate of drug-likeness (QED) is 0.657. The summed E-state index contributed by atoms with van der Waals surface area (Å²) in [6, 6.07) is 4.80. The SMILES string of the molecule is COc1ccc(N(CC(=O)NCCC2CCN(C)CC2)S(C)(=O)=O)c(OC)c1. The molecular weight excluding hydrogens is 382 g/mol. The Morgan fingerprint density at radius 3 is 2.50 bits per heavy atom. The molecule has 28 heavy (non-hydrogen) atoms. The van der Waals surface area contributed by atoms with Crippen molar-refractivity contribution in [3.8, 4) is 11.5 Å². The van der Waals surface area contributed by atoms with E-state index in [0.29, 0.717) is 29.6 Å². The predicted molar refractivity (Wildman–Crippen MR) is 110 cm³/mol. The van der Waals surface area contributed by atoms with Crippen LogP contribution in [0.25, 0.3) is 0 Å². The number of hydrogen-bond acceptors (Lipinski definition) is 6. The molecule has 1 fully saturated rings. The smallest absolute Gasteiger partial charge is 0.240 e. The topological polar surface area (TPSA) is 88.2 Å². The van der Waals surface area contributed by atoms with Crippen LogP contribution in [0.1, 0.15) is 19.3 Å². The number of methoxy groups -OCH3 is 2. The summed E-state index contributed by atoms with van der Waals surface area (Å²) in [6.45, 7) is 2.41. The average Bonchev–Trinajstić information content (AvgIpc) is 2.66. The summed E-state index contributed by atoms with van der Waals surface area (Å²) in [5, 5.41) is 2.85. The van der Waals surface area contributed by atoms with Gasteiger partial charge in [0, 0.05) is 12.6 Å². The number of nitrogens with zero attached hydrogens (tertiary/aromatic N) is 2. The summed E-state index contributed by atoms with van der Waals surface area (Å²) in [6.07, 6.45) is 4.24. The van der Waals surface area contributed by atoms with Gasteiger partial charge >= 0.3 is 0 Å². The van der Waals surface area contributed by atoms with Crippen molar-refractivity contribution in [1.29, 1.82) is 0 Å². The van der Waals surface area contributed by atoms with Crippen molar-refractivity contribution in [3.05, 3.63) is 18.2 Å². The van der Waals surface area contributed by atoms with Crippen LogP contribution in [0, 0.1) is 5.92 Å². The molecule has 158 valence electrons. The lowest BCUT2D eigenvalue weighted by atomic mass is 9.94. The molecule has 0 spiro atoms. The first kappa shape index (κ1) is 22.3. The number of likely N-dealkylation sites (tertiary alicyclic amines) is 1. The van der Waals surface area contributed by atoms with E-state index in [1.165, 1.54) is 14.2 Å². The highest BCUT2D eigenvalue weighted by Crippen LogP contribution is 2.33. The Balaban J connectivity index is 2.00. The van der Waals surface area contributed by atoms with E-state index >= 15 is 0 Å². The molecule has 1 aliphatic rings. The number of sulfonamides is 1. The van der Waals surface area contributed by atoms with Gasteiger partial charge in [0.25, 0.3) is 0 Å². The fraction of sp³-hybridized carbons (Fsp3) is 0.632.